The molecular weight excluding hydrogens is 451 g/mol. The van der Waals surface area contributed by atoms with E-state index in [1.54, 1.807) is 30.0 Å². The van der Waals surface area contributed by atoms with Crippen LogP contribution in [0.15, 0.2) is 46.9 Å². The van der Waals surface area contributed by atoms with Crippen molar-refractivity contribution < 1.29 is 9.59 Å². The highest BCUT2D eigenvalue weighted by atomic mass is 79.9. The van der Waals surface area contributed by atoms with Gasteiger partial charge in [0, 0.05) is 27.6 Å². The summed E-state index contributed by atoms with van der Waals surface area (Å²) in [4.78, 5) is 27.0. The molecule has 2 rings (SSSR count). The maximum Gasteiger partial charge on any atom is 0.242 e. The number of carbonyl (C=O) groups is 2. The van der Waals surface area contributed by atoms with Crippen molar-refractivity contribution in [2.75, 3.05) is 6.54 Å². The van der Waals surface area contributed by atoms with E-state index in [-0.39, 0.29) is 18.2 Å². The molecule has 0 spiro atoms. The Kier molecular flexibility index (Phi) is 8.14. The summed E-state index contributed by atoms with van der Waals surface area (Å²) in [6, 6.07) is 12.1. The molecule has 0 aliphatic carbocycles. The highest BCUT2D eigenvalue weighted by Gasteiger charge is 2.26. The van der Waals surface area contributed by atoms with E-state index in [9.17, 15) is 9.59 Å². The van der Waals surface area contributed by atoms with E-state index in [2.05, 4.69) is 21.2 Å². The van der Waals surface area contributed by atoms with Crippen LogP contribution in [0.1, 0.15) is 25.0 Å². The predicted octanol–water partition coefficient (Wildman–Crippen LogP) is 4.85. The lowest BCUT2D eigenvalue weighted by Gasteiger charge is -2.29. The van der Waals surface area contributed by atoms with Gasteiger partial charge in [-0.05, 0) is 49.2 Å². The largest absolute Gasteiger partial charge is 0.355 e. The fraction of sp³-hybridized carbons (Fsp3) is 0.300. The van der Waals surface area contributed by atoms with E-state index >= 15 is 0 Å². The second kappa shape index (κ2) is 10.1. The van der Waals surface area contributed by atoms with Gasteiger partial charge in [0.25, 0.3) is 0 Å². The van der Waals surface area contributed by atoms with E-state index in [4.69, 9.17) is 23.2 Å². The number of rotatable bonds is 7. The van der Waals surface area contributed by atoms with Crippen LogP contribution >= 0.6 is 39.1 Å². The van der Waals surface area contributed by atoms with Crippen molar-refractivity contribution in [2.45, 2.75) is 32.9 Å². The zero-order valence-electron chi connectivity index (χ0n) is 15.1. The Morgan fingerprint density at radius 2 is 1.93 bits per heavy atom. The molecule has 0 radical (unpaired) electrons. The Hall–Kier alpha value is -1.56. The fourth-order valence-electron chi connectivity index (χ4n) is 2.67. The third-order valence-corrected chi connectivity index (χ3v) is 5.20. The van der Waals surface area contributed by atoms with Gasteiger partial charge in [-0.3, -0.25) is 9.59 Å². The number of benzene rings is 2. The molecule has 144 valence electrons. The van der Waals surface area contributed by atoms with Crippen LogP contribution in [0.4, 0.5) is 0 Å². The normalized spacial score (nSPS) is 11.7. The minimum atomic E-state index is -0.609. The molecule has 4 nitrogen and oxygen atoms in total. The maximum absolute atomic E-state index is 13.0. The van der Waals surface area contributed by atoms with Crippen molar-refractivity contribution in [3.8, 4) is 0 Å². The third kappa shape index (κ3) is 6.23. The molecular formula is C20H21BrCl2N2O2. The molecule has 1 atom stereocenters. The summed E-state index contributed by atoms with van der Waals surface area (Å²) in [5, 5.41) is 3.72. The minimum Gasteiger partial charge on any atom is -0.355 e. The van der Waals surface area contributed by atoms with Crippen LogP contribution in [-0.4, -0.2) is 29.3 Å². The summed E-state index contributed by atoms with van der Waals surface area (Å²) in [5.74, 6) is -0.374. The lowest BCUT2D eigenvalue weighted by molar-refractivity contribution is -0.140. The van der Waals surface area contributed by atoms with Crippen LogP contribution in [-0.2, 0) is 22.6 Å². The summed E-state index contributed by atoms with van der Waals surface area (Å²) >= 11 is 15.6. The van der Waals surface area contributed by atoms with Crippen LogP contribution in [0.3, 0.4) is 0 Å². The van der Waals surface area contributed by atoms with Gasteiger partial charge in [-0.15, -0.1) is 0 Å². The number of nitrogens with zero attached hydrogens (tertiary/aromatic N) is 1. The van der Waals surface area contributed by atoms with Gasteiger partial charge in [-0.25, -0.2) is 0 Å². The zero-order chi connectivity index (χ0) is 20.0. The molecule has 7 heteroatoms. The van der Waals surface area contributed by atoms with E-state index in [1.165, 1.54) is 0 Å². The summed E-state index contributed by atoms with van der Waals surface area (Å²) in [6.07, 6.45) is 0.0910. The molecule has 0 aliphatic rings. The maximum atomic E-state index is 13.0. The lowest BCUT2D eigenvalue weighted by Crippen LogP contribution is -2.48. The quantitative estimate of drug-likeness (QED) is 0.627. The smallest absolute Gasteiger partial charge is 0.242 e. The molecule has 2 aromatic carbocycles. The van der Waals surface area contributed by atoms with E-state index in [1.807, 2.05) is 31.2 Å². The number of hydrogen-bond donors (Lipinski definition) is 1. The third-order valence-electron chi connectivity index (χ3n) is 4.12. The summed E-state index contributed by atoms with van der Waals surface area (Å²) in [5.41, 5.74) is 1.60. The molecule has 27 heavy (non-hydrogen) atoms. The molecule has 0 unspecified atom stereocenters. The van der Waals surface area contributed by atoms with E-state index in [0.717, 1.165) is 10.0 Å². The average molecular weight is 472 g/mol. The van der Waals surface area contributed by atoms with Gasteiger partial charge in [0.1, 0.15) is 6.04 Å². The van der Waals surface area contributed by atoms with Crippen molar-refractivity contribution in [3.05, 3.63) is 68.1 Å². The van der Waals surface area contributed by atoms with Crippen LogP contribution in [0.2, 0.25) is 10.0 Å². The summed E-state index contributed by atoms with van der Waals surface area (Å²) < 4.78 is 0.916. The van der Waals surface area contributed by atoms with Crippen LogP contribution in [0.5, 0.6) is 0 Å². The Morgan fingerprint density at radius 1 is 1.19 bits per heavy atom. The Balaban J connectivity index is 2.26. The van der Waals surface area contributed by atoms with E-state index in [0.29, 0.717) is 28.7 Å². The first-order chi connectivity index (χ1) is 12.8. The molecule has 0 aliphatic heterocycles. The Bertz CT molecular complexity index is 829. The second-order valence-corrected chi connectivity index (χ2v) is 7.89. The van der Waals surface area contributed by atoms with Crippen molar-refractivity contribution >= 4 is 50.9 Å². The van der Waals surface area contributed by atoms with Crippen LogP contribution < -0.4 is 5.32 Å². The number of likely N-dealkylation sites (N-methyl/N-ethyl adjacent to an activating group) is 1. The van der Waals surface area contributed by atoms with Gasteiger partial charge in [0.15, 0.2) is 0 Å². The van der Waals surface area contributed by atoms with Gasteiger partial charge in [0.2, 0.25) is 11.8 Å². The Labute approximate surface area is 178 Å². The highest BCUT2D eigenvalue weighted by molar-refractivity contribution is 9.10. The topological polar surface area (TPSA) is 49.4 Å². The first kappa shape index (κ1) is 21.7. The number of halogens is 3. The number of amides is 2. The molecule has 0 saturated carbocycles. The van der Waals surface area contributed by atoms with Gasteiger partial charge >= 0.3 is 0 Å². The van der Waals surface area contributed by atoms with Crippen LogP contribution in [0.25, 0.3) is 0 Å². The van der Waals surface area contributed by atoms with Gasteiger partial charge in [0.05, 0.1) is 6.42 Å². The zero-order valence-corrected chi connectivity index (χ0v) is 18.2. The summed E-state index contributed by atoms with van der Waals surface area (Å²) in [7, 11) is 0. The standard InChI is InChI=1S/C20H21BrCl2N2O2/c1-3-24-20(27)13(2)25(12-14-5-4-6-16(21)9-14)19(26)10-15-7-8-17(22)11-18(15)23/h4-9,11,13H,3,10,12H2,1-2H3,(H,24,27)/t13-/m1/s1. The molecule has 0 heterocycles. The molecule has 0 aromatic heterocycles. The van der Waals surface area contributed by atoms with Gasteiger partial charge in [-0.2, -0.15) is 0 Å². The first-order valence-electron chi connectivity index (χ1n) is 8.57. The van der Waals surface area contributed by atoms with E-state index < -0.39 is 6.04 Å². The number of nitrogens with one attached hydrogen (secondary N) is 1. The number of hydrogen-bond acceptors (Lipinski definition) is 2. The lowest BCUT2D eigenvalue weighted by atomic mass is 10.1. The Morgan fingerprint density at radius 3 is 2.56 bits per heavy atom. The van der Waals surface area contributed by atoms with Crippen molar-refractivity contribution in [2.24, 2.45) is 0 Å². The number of carbonyl (C=O) groups excluding carboxylic acids is 2. The molecule has 2 aromatic rings. The SMILES string of the molecule is CCNC(=O)[C@@H](C)N(Cc1cccc(Br)c1)C(=O)Cc1ccc(Cl)cc1Cl. The molecule has 0 saturated heterocycles. The highest BCUT2D eigenvalue weighted by Crippen LogP contribution is 2.23. The second-order valence-electron chi connectivity index (χ2n) is 6.13. The van der Waals surface area contributed by atoms with Crippen molar-refractivity contribution in [1.29, 1.82) is 0 Å². The average Bonchev–Trinajstić information content (AvgIpc) is 2.61. The molecule has 1 N–H and O–H groups in total. The predicted molar refractivity (Wildman–Crippen MR) is 113 cm³/mol. The molecule has 0 bridgehead atoms. The van der Waals surface area contributed by atoms with Gasteiger partial charge in [-0.1, -0.05) is 57.3 Å². The molecule has 2 amide bonds. The minimum absolute atomic E-state index is 0.0910. The summed E-state index contributed by atoms with van der Waals surface area (Å²) in [6.45, 7) is 4.40. The first-order valence-corrected chi connectivity index (χ1v) is 10.1. The monoisotopic (exact) mass is 470 g/mol. The molecule has 0 fully saturated rings. The van der Waals surface area contributed by atoms with Crippen molar-refractivity contribution in [1.82, 2.24) is 10.2 Å². The van der Waals surface area contributed by atoms with Crippen molar-refractivity contribution in [3.63, 3.8) is 0 Å². The van der Waals surface area contributed by atoms with Gasteiger partial charge < -0.3 is 10.2 Å². The van der Waals surface area contributed by atoms with Crippen LogP contribution in [0, 0.1) is 0 Å². The fourth-order valence-corrected chi connectivity index (χ4v) is 3.59.